The number of aliphatic hydroxyl groups is 1. The van der Waals surface area contributed by atoms with Crippen LogP contribution >= 0.6 is 0 Å². The number of unbranched alkanes of at least 4 members (excludes halogenated alkanes) is 9. The van der Waals surface area contributed by atoms with Crippen molar-refractivity contribution in [3.05, 3.63) is 12.2 Å². The summed E-state index contributed by atoms with van der Waals surface area (Å²) in [4.78, 5) is 0. The van der Waals surface area contributed by atoms with Crippen molar-refractivity contribution >= 4 is 0 Å². The van der Waals surface area contributed by atoms with E-state index in [-0.39, 0.29) is 6.61 Å². The molecule has 0 aliphatic carbocycles. The number of aliphatic hydroxyl groups excluding tert-OH is 1. The molecular weight excluding hydrogens is 272 g/mol. The Bertz CT molecular complexity index is 226. The largest absolute Gasteiger partial charge is 0.394 e. The first-order chi connectivity index (χ1) is 10.8. The molecule has 0 aromatic carbocycles. The lowest BCUT2D eigenvalue weighted by Gasteiger charge is -2.14. The molecule has 0 fully saturated rings. The van der Waals surface area contributed by atoms with E-state index in [1.807, 2.05) is 0 Å². The molecule has 22 heavy (non-hydrogen) atoms. The summed E-state index contributed by atoms with van der Waals surface area (Å²) in [6.07, 6.45) is 21.9. The molecule has 0 aliphatic rings. The van der Waals surface area contributed by atoms with E-state index >= 15 is 0 Å². The first-order valence-electron chi connectivity index (χ1n) is 9.72. The van der Waals surface area contributed by atoms with Gasteiger partial charge in [-0.3, -0.25) is 0 Å². The fourth-order valence-corrected chi connectivity index (χ4v) is 2.71. The molecule has 0 heterocycles. The number of rotatable bonds is 17. The molecule has 132 valence electrons. The lowest BCUT2D eigenvalue weighted by molar-refractivity contribution is 0.0208. The Labute approximate surface area is 139 Å². The van der Waals surface area contributed by atoms with Crippen LogP contribution < -0.4 is 0 Å². The minimum absolute atomic E-state index is 0.139. The van der Waals surface area contributed by atoms with E-state index in [0.29, 0.717) is 12.7 Å². The molecule has 1 atom stereocenters. The van der Waals surface area contributed by atoms with Crippen LogP contribution in [0.15, 0.2) is 12.2 Å². The van der Waals surface area contributed by atoms with Gasteiger partial charge in [0.15, 0.2) is 0 Å². The molecule has 0 amide bonds. The van der Waals surface area contributed by atoms with Crippen LogP contribution in [-0.2, 0) is 4.74 Å². The quantitative estimate of drug-likeness (QED) is 0.262. The van der Waals surface area contributed by atoms with Crippen molar-refractivity contribution in [1.29, 1.82) is 0 Å². The molecule has 0 saturated heterocycles. The Morgan fingerprint density at radius 1 is 0.818 bits per heavy atom. The Balaban J connectivity index is 3.25. The molecule has 0 aromatic rings. The zero-order valence-electron chi connectivity index (χ0n) is 15.2. The van der Waals surface area contributed by atoms with Crippen LogP contribution in [0.2, 0.25) is 0 Å². The highest BCUT2D eigenvalue weighted by Crippen LogP contribution is 2.12. The Kier molecular flexibility index (Phi) is 18.4. The molecule has 2 nitrogen and oxygen atoms in total. The van der Waals surface area contributed by atoms with Gasteiger partial charge in [-0.1, -0.05) is 70.9 Å². The first kappa shape index (κ1) is 21.7. The fraction of sp³-hybridized carbons (Fsp3) is 0.900. The lowest BCUT2D eigenvalue weighted by atomic mass is 10.1. The maximum atomic E-state index is 8.76. The van der Waals surface area contributed by atoms with Gasteiger partial charge in [0.05, 0.1) is 19.3 Å². The smallest absolute Gasteiger partial charge is 0.0701 e. The van der Waals surface area contributed by atoms with Crippen LogP contribution in [0.1, 0.15) is 97.3 Å². The molecule has 0 rings (SSSR count). The summed E-state index contributed by atoms with van der Waals surface area (Å²) >= 11 is 0. The van der Waals surface area contributed by atoms with Gasteiger partial charge >= 0.3 is 0 Å². The monoisotopic (exact) mass is 312 g/mol. The van der Waals surface area contributed by atoms with Gasteiger partial charge in [0.2, 0.25) is 0 Å². The van der Waals surface area contributed by atoms with Gasteiger partial charge in [-0.15, -0.1) is 0 Å². The second-order valence-electron chi connectivity index (χ2n) is 6.29. The predicted molar refractivity (Wildman–Crippen MR) is 97.3 cm³/mol. The second kappa shape index (κ2) is 18.7. The number of hydrogen-bond donors (Lipinski definition) is 1. The van der Waals surface area contributed by atoms with Crippen molar-refractivity contribution in [1.82, 2.24) is 0 Å². The summed E-state index contributed by atoms with van der Waals surface area (Å²) < 4.78 is 5.58. The average Bonchev–Trinajstić information content (AvgIpc) is 2.54. The van der Waals surface area contributed by atoms with Crippen LogP contribution in [-0.4, -0.2) is 24.4 Å². The number of ether oxygens (including phenoxy) is 1. The summed E-state index contributed by atoms with van der Waals surface area (Å²) in [6.45, 7) is 5.06. The van der Waals surface area contributed by atoms with Crippen molar-refractivity contribution in [2.75, 3.05) is 13.2 Å². The minimum Gasteiger partial charge on any atom is -0.394 e. The van der Waals surface area contributed by atoms with Gasteiger partial charge in [-0.25, -0.2) is 0 Å². The zero-order chi connectivity index (χ0) is 16.3. The maximum Gasteiger partial charge on any atom is 0.0701 e. The van der Waals surface area contributed by atoms with Crippen molar-refractivity contribution in [3.63, 3.8) is 0 Å². The van der Waals surface area contributed by atoms with Crippen molar-refractivity contribution < 1.29 is 9.84 Å². The van der Waals surface area contributed by atoms with Gasteiger partial charge < -0.3 is 9.84 Å². The van der Waals surface area contributed by atoms with E-state index in [0.717, 1.165) is 12.8 Å². The third-order valence-electron chi connectivity index (χ3n) is 4.19. The highest BCUT2D eigenvalue weighted by Gasteiger charge is 2.05. The summed E-state index contributed by atoms with van der Waals surface area (Å²) in [5.74, 6) is 0. The molecule has 1 N–H and O–H groups in total. The van der Waals surface area contributed by atoms with Gasteiger partial charge in [0.1, 0.15) is 0 Å². The van der Waals surface area contributed by atoms with Crippen LogP contribution in [0, 0.1) is 0 Å². The van der Waals surface area contributed by atoms with Gasteiger partial charge in [0.25, 0.3) is 0 Å². The molecule has 0 radical (unpaired) electrons. The molecule has 1 unspecified atom stereocenters. The van der Waals surface area contributed by atoms with E-state index in [4.69, 9.17) is 9.84 Å². The molecule has 0 aromatic heterocycles. The SMILES string of the molecule is CCCCCCCCC=CCCCCCC(CC)OCCO. The lowest BCUT2D eigenvalue weighted by Crippen LogP contribution is -2.14. The van der Waals surface area contributed by atoms with Crippen LogP contribution in [0.4, 0.5) is 0 Å². The molecule has 0 bridgehead atoms. The van der Waals surface area contributed by atoms with Crippen molar-refractivity contribution in [3.8, 4) is 0 Å². The molecule has 0 aliphatic heterocycles. The fourth-order valence-electron chi connectivity index (χ4n) is 2.71. The van der Waals surface area contributed by atoms with Gasteiger partial charge in [0, 0.05) is 0 Å². The van der Waals surface area contributed by atoms with E-state index in [9.17, 15) is 0 Å². The number of allylic oxidation sites excluding steroid dienone is 2. The van der Waals surface area contributed by atoms with Gasteiger partial charge in [-0.05, 0) is 38.5 Å². The summed E-state index contributed by atoms with van der Waals surface area (Å²) in [6, 6.07) is 0. The summed E-state index contributed by atoms with van der Waals surface area (Å²) in [5, 5.41) is 8.76. The van der Waals surface area contributed by atoms with Crippen LogP contribution in [0.5, 0.6) is 0 Å². The third kappa shape index (κ3) is 16.0. The first-order valence-corrected chi connectivity index (χ1v) is 9.72. The summed E-state index contributed by atoms with van der Waals surface area (Å²) in [7, 11) is 0. The van der Waals surface area contributed by atoms with Crippen LogP contribution in [0.25, 0.3) is 0 Å². The molecule has 0 saturated carbocycles. The summed E-state index contributed by atoms with van der Waals surface area (Å²) in [5.41, 5.74) is 0. The topological polar surface area (TPSA) is 29.5 Å². The van der Waals surface area contributed by atoms with E-state index < -0.39 is 0 Å². The Morgan fingerprint density at radius 3 is 2.00 bits per heavy atom. The maximum absolute atomic E-state index is 8.76. The number of hydrogen-bond acceptors (Lipinski definition) is 2. The minimum atomic E-state index is 0.139. The van der Waals surface area contributed by atoms with E-state index in [1.165, 1.54) is 70.6 Å². The highest BCUT2D eigenvalue weighted by molar-refractivity contribution is 4.81. The third-order valence-corrected chi connectivity index (χ3v) is 4.19. The van der Waals surface area contributed by atoms with Crippen LogP contribution in [0.3, 0.4) is 0 Å². The molecule has 0 spiro atoms. The van der Waals surface area contributed by atoms with Crippen molar-refractivity contribution in [2.45, 2.75) is 103 Å². The normalized spacial score (nSPS) is 13.0. The second-order valence-corrected chi connectivity index (χ2v) is 6.29. The Morgan fingerprint density at radius 2 is 1.41 bits per heavy atom. The van der Waals surface area contributed by atoms with Crippen molar-refractivity contribution in [2.24, 2.45) is 0 Å². The standard InChI is InChI=1S/C20H40O2/c1-3-5-6-7-8-9-10-11-12-13-14-15-16-17-20(4-2)22-19-18-21/h11-12,20-21H,3-10,13-19H2,1-2H3. The van der Waals surface area contributed by atoms with E-state index in [1.54, 1.807) is 0 Å². The molecular formula is C20H40O2. The Hall–Kier alpha value is -0.340. The zero-order valence-corrected chi connectivity index (χ0v) is 15.2. The van der Waals surface area contributed by atoms with E-state index in [2.05, 4.69) is 26.0 Å². The predicted octanol–water partition coefficient (Wildman–Crippen LogP) is 6.03. The highest BCUT2D eigenvalue weighted by atomic mass is 16.5. The molecule has 2 heteroatoms. The average molecular weight is 313 g/mol. The van der Waals surface area contributed by atoms with Gasteiger partial charge in [-0.2, -0.15) is 0 Å².